The van der Waals surface area contributed by atoms with E-state index in [1.54, 1.807) is 18.3 Å². The molecule has 3 aromatic carbocycles. The van der Waals surface area contributed by atoms with Crippen LogP contribution in [-0.2, 0) is 6.61 Å². The highest BCUT2D eigenvalue weighted by Crippen LogP contribution is 2.25. The Morgan fingerprint density at radius 1 is 0.815 bits per heavy atom. The number of nitrogens with zero attached hydrogens (tertiary/aromatic N) is 1. The van der Waals surface area contributed by atoms with Gasteiger partial charge in [-0.3, -0.25) is 0 Å². The van der Waals surface area contributed by atoms with Crippen LogP contribution in [0.1, 0.15) is 5.82 Å². The van der Waals surface area contributed by atoms with E-state index >= 15 is 0 Å². The molecule has 0 bridgehead atoms. The molecule has 27 heavy (non-hydrogen) atoms. The van der Waals surface area contributed by atoms with Gasteiger partial charge >= 0.3 is 0 Å². The van der Waals surface area contributed by atoms with Gasteiger partial charge in [0.1, 0.15) is 35.5 Å². The van der Waals surface area contributed by atoms with Crippen LogP contribution in [0, 0.1) is 5.82 Å². The molecule has 0 spiro atoms. The number of nitrogens with one attached hydrogen (secondary N) is 1. The Morgan fingerprint density at radius 2 is 1.59 bits per heavy atom. The molecule has 0 radical (unpaired) electrons. The van der Waals surface area contributed by atoms with Gasteiger partial charge in [0.15, 0.2) is 0 Å². The number of aromatic nitrogens is 2. The van der Waals surface area contributed by atoms with Gasteiger partial charge < -0.3 is 14.5 Å². The molecule has 4 nitrogen and oxygen atoms in total. The maximum Gasteiger partial charge on any atom is 0.146 e. The van der Waals surface area contributed by atoms with Crippen LogP contribution in [-0.4, -0.2) is 9.97 Å². The first-order chi connectivity index (χ1) is 13.3. The van der Waals surface area contributed by atoms with Crippen LogP contribution in [0.15, 0.2) is 85.1 Å². The second-order valence-corrected chi connectivity index (χ2v) is 5.93. The fourth-order valence-electron chi connectivity index (χ4n) is 2.62. The summed E-state index contributed by atoms with van der Waals surface area (Å²) in [6.07, 6.45) is 1.77. The molecule has 0 aliphatic carbocycles. The van der Waals surface area contributed by atoms with E-state index < -0.39 is 0 Å². The number of para-hydroxylation sites is 1. The summed E-state index contributed by atoms with van der Waals surface area (Å²) in [5.41, 5.74) is 1.86. The molecule has 1 N–H and O–H groups in total. The highest BCUT2D eigenvalue weighted by atomic mass is 19.1. The summed E-state index contributed by atoms with van der Waals surface area (Å²) in [5, 5.41) is 0. The number of imidazole rings is 1. The number of benzene rings is 3. The van der Waals surface area contributed by atoms with E-state index in [0.29, 0.717) is 18.1 Å². The molecule has 0 aliphatic heterocycles. The van der Waals surface area contributed by atoms with Crippen molar-refractivity contribution in [3.05, 3.63) is 96.7 Å². The predicted octanol–water partition coefficient (Wildman–Crippen LogP) is 5.59. The Balaban J connectivity index is 1.41. The van der Waals surface area contributed by atoms with Crippen LogP contribution in [0.5, 0.6) is 17.2 Å². The summed E-state index contributed by atoms with van der Waals surface area (Å²) in [5.74, 6) is 2.32. The van der Waals surface area contributed by atoms with Gasteiger partial charge in [-0.25, -0.2) is 9.37 Å². The van der Waals surface area contributed by atoms with Crippen molar-refractivity contribution < 1.29 is 13.9 Å². The van der Waals surface area contributed by atoms with Crippen molar-refractivity contribution in [2.75, 3.05) is 0 Å². The third-order valence-electron chi connectivity index (χ3n) is 3.94. The highest BCUT2D eigenvalue weighted by Gasteiger charge is 2.05. The normalized spacial score (nSPS) is 10.6. The van der Waals surface area contributed by atoms with Crippen molar-refractivity contribution in [3.63, 3.8) is 0 Å². The molecule has 5 heteroatoms. The van der Waals surface area contributed by atoms with Crippen molar-refractivity contribution in [1.29, 1.82) is 0 Å². The fourth-order valence-corrected chi connectivity index (χ4v) is 2.62. The number of halogens is 1. The van der Waals surface area contributed by atoms with Crippen molar-refractivity contribution in [2.45, 2.75) is 6.61 Å². The average molecular weight is 360 g/mol. The number of rotatable bonds is 6. The average Bonchev–Trinajstić information content (AvgIpc) is 3.17. The molecule has 0 saturated carbocycles. The molecule has 0 amide bonds. The number of H-pyrrole nitrogens is 1. The fraction of sp³-hybridized carbons (Fsp3) is 0.0455. The van der Waals surface area contributed by atoms with E-state index in [9.17, 15) is 4.39 Å². The van der Waals surface area contributed by atoms with Gasteiger partial charge in [-0.05, 0) is 54.1 Å². The van der Waals surface area contributed by atoms with Gasteiger partial charge in [0, 0.05) is 6.07 Å². The minimum Gasteiger partial charge on any atom is -0.486 e. The molecule has 0 aliphatic rings. The van der Waals surface area contributed by atoms with E-state index in [1.165, 1.54) is 12.1 Å². The minimum absolute atomic E-state index is 0.327. The number of aromatic amines is 1. The molecule has 1 aromatic heterocycles. The first kappa shape index (κ1) is 16.8. The van der Waals surface area contributed by atoms with Crippen LogP contribution >= 0.6 is 0 Å². The van der Waals surface area contributed by atoms with Gasteiger partial charge in [0.25, 0.3) is 0 Å². The molecule has 0 unspecified atom stereocenters. The van der Waals surface area contributed by atoms with Crippen molar-refractivity contribution in [2.24, 2.45) is 0 Å². The topological polar surface area (TPSA) is 47.1 Å². The van der Waals surface area contributed by atoms with Crippen molar-refractivity contribution in [1.82, 2.24) is 9.97 Å². The third-order valence-corrected chi connectivity index (χ3v) is 3.94. The number of hydrogen-bond acceptors (Lipinski definition) is 3. The van der Waals surface area contributed by atoms with E-state index in [2.05, 4.69) is 9.97 Å². The summed E-state index contributed by atoms with van der Waals surface area (Å²) in [4.78, 5) is 7.60. The smallest absolute Gasteiger partial charge is 0.146 e. The lowest BCUT2D eigenvalue weighted by Gasteiger charge is -2.06. The first-order valence-electron chi connectivity index (χ1n) is 8.52. The van der Waals surface area contributed by atoms with Gasteiger partial charge in [-0.2, -0.15) is 0 Å². The Morgan fingerprint density at radius 3 is 2.37 bits per heavy atom. The summed E-state index contributed by atoms with van der Waals surface area (Å²) >= 11 is 0. The lowest BCUT2D eigenvalue weighted by Crippen LogP contribution is -1.97. The molecule has 4 aromatic rings. The minimum atomic E-state index is -0.327. The van der Waals surface area contributed by atoms with E-state index in [-0.39, 0.29) is 5.82 Å². The lowest BCUT2D eigenvalue weighted by atomic mass is 10.1. The Kier molecular flexibility index (Phi) is 4.83. The quantitative estimate of drug-likeness (QED) is 0.488. The molecule has 0 atom stereocenters. The molecule has 0 fully saturated rings. The van der Waals surface area contributed by atoms with Crippen LogP contribution < -0.4 is 9.47 Å². The zero-order valence-corrected chi connectivity index (χ0v) is 14.4. The summed E-state index contributed by atoms with van der Waals surface area (Å²) in [6, 6.07) is 23.2. The number of ether oxygens (including phenoxy) is 2. The van der Waals surface area contributed by atoms with Gasteiger partial charge in [0.05, 0.1) is 11.9 Å². The zero-order chi connectivity index (χ0) is 18.5. The molecule has 1 heterocycles. The molecular formula is C22H17FN2O2. The molecular weight excluding hydrogens is 343 g/mol. The van der Waals surface area contributed by atoms with Crippen molar-refractivity contribution in [3.8, 4) is 28.5 Å². The van der Waals surface area contributed by atoms with E-state index in [4.69, 9.17) is 9.47 Å². The summed E-state index contributed by atoms with van der Waals surface area (Å²) in [7, 11) is 0. The van der Waals surface area contributed by atoms with E-state index in [0.717, 1.165) is 22.8 Å². The largest absolute Gasteiger partial charge is 0.486 e. The van der Waals surface area contributed by atoms with Crippen molar-refractivity contribution >= 4 is 0 Å². The molecule has 0 saturated heterocycles. The summed E-state index contributed by atoms with van der Waals surface area (Å²) in [6.45, 7) is 0.366. The maximum atomic E-state index is 13.2. The van der Waals surface area contributed by atoms with E-state index in [1.807, 2.05) is 54.6 Å². The van der Waals surface area contributed by atoms with Gasteiger partial charge in [0.2, 0.25) is 0 Å². The zero-order valence-electron chi connectivity index (χ0n) is 14.4. The molecule has 134 valence electrons. The standard InChI is InChI=1S/C22H17FN2O2/c23-17-5-4-8-20(13-17)27-19-11-9-16(10-12-19)21-14-24-22(25-21)15-26-18-6-2-1-3-7-18/h1-14H,15H2,(H,24,25). The number of hydrogen-bond donors (Lipinski definition) is 1. The predicted molar refractivity (Wildman–Crippen MR) is 101 cm³/mol. The summed E-state index contributed by atoms with van der Waals surface area (Å²) < 4.78 is 24.6. The molecule has 4 rings (SSSR count). The third kappa shape index (κ3) is 4.33. The Hall–Kier alpha value is -3.60. The Bertz CT molecular complexity index is 1010. The van der Waals surface area contributed by atoms with Crippen LogP contribution in [0.2, 0.25) is 0 Å². The van der Waals surface area contributed by atoms with Crippen LogP contribution in [0.25, 0.3) is 11.3 Å². The van der Waals surface area contributed by atoms with Gasteiger partial charge in [-0.15, -0.1) is 0 Å². The lowest BCUT2D eigenvalue weighted by molar-refractivity contribution is 0.297. The van der Waals surface area contributed by atoms with Crippen LogP contribution in [0.4, 0.5) is 4.39 Å². The maximum absolute atomic E-state index is 13.2. The highest BCUT2D eigenvalue weighted by molar-refractivity contribution is 5.59. The van der Waals surface area contributed by atoms with Crippen LogP contribution in [0.3, 0.4) is 0 Å². The van der Waals surface area contributed by atoms with Gasteiger partial charge in [-0.1, -0.05) is 24.3 Å². The Labute approximate surface area is 156 Å². The monoisotopic (exact) mass is 360 g/mol. The second-order valence-electron chi connectivity index (χ2n) is 5.93. The second kappa shape index (κ2) is 7.74. The first-order valence-corrected chi connectivity index (χ1v) is 8.52. The SMILES string of the molecule is Fc1cccc(Oc2ccc(-c3cnc(COc4ccccc4)[nH]3)cc2)c1.